The molecule has 1 fully saturated rings. The van der Waals surface area contributed by atoms with Crippen molar-refractivity contribution in [2.75, 3.05) is 30.8 Å². The summed E-state index contributed by atoms with van der Waals surface area (Å²) in [6.45, 7) is 3.66. The fourth-order valence-electron chi connectivity index (χ4n) is 2.20. The molecule has 0 radical (unpaired) electrons. The van der Waals surface area contributed by atoms with Gasteiger partial charge in [0.1, 0.15) is 0 Å². The standard InChI is InChI=1S/C14H19N3O3/c1-9-7-15-8-12(9)13(18)16-10-3-5-11(6-4-10)17-14(19)20-2/h3-6,9,12,15H,7-8H2,1-2H3,(H,16,18)(H,17,19)/t9-,12-/m1/s1. The molecule has 1 saturated heterocycles. The highest BCUT2D eigenvalue weighted by Crippen LogP contribution is 2.19. The molecule has 2 atom stereocenters. The van der Waals surface area contributed by atoms with Crippen LogP contribution in [0.4, 0.5) is 16.2 Å². The summed E-state index contributed by atoms with van der Waals surface area (Å²) >= 11 is 0. The Balaban J connectivity index is 1.93. The summed E-state index contributed by atoms with van der Waals surface area (Å²) in [5.41, 5.74) is 1.33. The van der Waals surface area contributed by atoms with Crippen molar-refractivity contribution in [1.29, 1.82) is 0 Å². The maximum Gasteiger partial charge on any atom is 0.411 e. The average molecular weight is 277 g/mol. The molecule has 1 aromatic rings. The van der Waals surface area contributed by atoms with Gasteiger partial charge in [-0.1, -0.05) is 6.92 Å². The lowest BCUT2D eigenvalue weighted by Gasteiger charge is -2.14. The van der Waals surface area contributed by atoms with Crippen LogP contribution in [0.2, 0.25) is 0 Å². The first kappa shape index (κ1) is 14.3. The Morgan fingerprint density at radius 1 is 1.15 bits per heavy atom. The van der Waals surface area contributed by atoms with E-state index in [1.54, 1.807) is 24.3 Å². The van der Waals surface area contributed by atoms with Crippen LogP contribution in [-0.2, 0) is 9.53 Å². The van der Waals surface area contributed by atoms with E-state index in [0.29, 0.717) is 17.3 Å². The third-order valence-corrected chi connectivity index (χ3v) is 3.44. The predicted molar refractivity (Wildman–Crippen MR) is 76.6 cm³/mol. The van der Waals surface area contributed by atoms with Gasteiger partial charge in [-0.2, -0.15) is 0 Å². The maximum atomic E-state index is 12.1. The summed E-state index contributed by atoms with van der Waals surface area (Å²) in [6.07, 6.45) is -0.521. The molecular formula is C14H19N3O3. The van der Waals surface area contributed by atoms with E-state index >= 15 is 0 Å². The molecule has 0 spiro atoms. The van der Waals surface area contributed by atoms with Gasteiger partial charge in [0, 0.05) is 17.9 Å². The number of hydrogen-bond donors (Lipinski definition) is 3. The Morgan fingerprint density at radius 2 is 1.75 bits per heavy atom. The summed E-state index contributed by atoms with van der Waals surface area (Å²) in [5.74, 6) is 0.370. The van der Waals surface area contributed by atoms with Crippen LogP contribution in [0, 0.1) is 11.8 Å². The number of hydrogen-bond acceptors (Lipinski definition) is 4. The van der Waals surface area contributed by atoms with Crippen LogP contribution in [0.25, 0.3) is 0 Å². The van der Waals surface area contributed by atoms with Crippen molar-refractivity contribution in [3.8, 4) is 0 Å². The van der Waals surface area contributed by atoms with E-state index in [1.165, 1.54) is 7.11 Å². The van der Waals surface area contributed by atoms with Crippen LogP contribution < -0.4 is 16.0 Å². The molecule has 1 aliphatic rings. The largest absolute Gasteiger partial charge is 0.453 e. The van der Waals surface area contributed by atoms with Gasteiger partial charge in [0.25, 0.3) is 0 Å². The molecule has 3 N–H and O–H groups in total. The van der Waals surface area contributed by atoms with Crippen molar-refractivity contribution in [3.05, 3.63) is 24.3 Å². The number of carbonyl (C=O) groups is 2. The van der Waals surface area contributed by atoms with Crippen molar-refractivity contribution in [1.82, 2.24) is 5.32 Å². The first-order valence-electron chi connectivity index (χ1n) is 6.56. The van der Waals surface area contributed by atoms with Crippen molar-refractivity contribution < 1.29 is 14.3 Å². The number of anilines is 2. The molecular weight excluding hydrogens is 258 g/mol. The molecule has 1 heterocycles. The average Bonchev–Trinajstić information content (AvgIpc) is 2.87. The van der Waals surface area contributed by atoms with Crippen molar-refractivity contribution >= 4 is 23.4 Å². The van der Waals surface area contributed by atoms with Gasteiger partial charge in [-0.05, 0) is 36.7 Å². The maximum absolute atomic E-state index is 12.1. The summed E-state index contributed by atoms with van der Waals surface area (Å²) in [6, 6.07) is 6.91. The van der Waals surface area contributed by atoms with Gasteiger partial charge < -0.3 is 15.4 Å². The molecule has 1 aliphatic heterocycles. The molecule has 0 saturated carbocycles. The Labute approximate surface area is 117 Å². The summed E-state index contributed by atoms with van der Waals surface area (Å²) in [4.78, 5) is 23.1. The number of amides is 2. The first-order chi connectivity index (χ1) is 9.60. The molecule has 0 unspecified atom stereocenters. The van der Waals surface area contributed by atoms with Crippen molar-refractivity contribution in [2.45, 2.75) is 6.92 Å². The normalized spacial score (nSPS) is 21.3. The molecule has 2 amide bonds. The quantitative estimate of drug-likeness (QED) is 0.785. The van der Waals surface area contributed by atoms with Gasteiger partial charge in [-0.25, -0.2) is 4.79 Å². The van der Waals surface area contributed by atoms with Crippen LogP contribution in [0.3, 0.4) is 0 Å². The Kier molecular flexibility index (Phi) is 4.57. The number of rotatable bonds is 3. The number of ether oxygens (including phenoxy) is 1. The van der Waals surface area contributed by atoms with E-state index < -0.39 is 6.09 Å². The van der Waals surface area contributed by atoms with Gasteiger partial charge >= 0.3 is 6.09 Å². The van der Waals surface area contributed by atoms with Crippen molar-refractivity contribution in [2.24, 2.45) is 11.8 Å². The van der Waals surface area contributed by atoms with E-state index in [-0.39, 0.29) is 11.8 Å². The number of nitrogens with one attached hydrogen (secondary N) is 3. The van der Waals surface area contributed by atoms with Crippen LogP contribution in [0.5, 0.6) is 0 Å². The van der Waals surface area contributed by atoms with E-state index in [2.05, 4.69) is 27.6 Å². The number of methoxy groups -OCH3 is 1. The molecule has 20 heavy (non-hydrogen) atoms. The minimum atomic E-state index is -0.521. The zero-order valence-electron chi connectivity index (χ0n) is 11.6. The van der Waals surface area contributed by atoms with Crippen LogP contribution >= 0.6 is 0 Å². The van der Waals surface area contributed by atoms with Crippen molar-refractivity contribution in [3.63, 3.8) is 0 Å². The molecule has 6 heteroatoms. The first-order valence-corrected chi connectivity index (χ1v) is 6.56. The van der Waals surface area contributed by atoms with E-state index in [4.69, 9.17) is 0 Å². The Hall–Kier alpha value is -2.08. The highest BCUT2D eigenvalue weighted by Gasteiger charge is 2.29. The summed E-state index contributed by atoms with van der Waals surface area (Å²) in [5, 5.41) is 8.64. The minimum absolute atomic E-state index is 0.00266. The highest BCUT2D eigenvalue weighted by molar-refractivity contribution is 5.93. The predicted octanol–water partition coefficient (Wildman–Crippen LogP) is 1.66. The number of carbonyl (C=O) groups excluding carboxylic acids is 2. The van der Waals surface area contributed by atoms with E-state index in [0.717, 1.165) is 13.1 Å². The lowest BCUT2D eigenvalue weighted by Crippen LogP contribution is -2.27. The molecule has 6 nitrogen and oxygen atoms in total. The molecule has 1 aromatic carbocycles. The molecule has 2 rings (SSSR count). The summed E-state index contributed by atoms with van der Waals surface area (Å²) < 4.78 is 4.50. The second kappa shape index (κ2) is 6.38. The molecule has 0 bridgehead atoms. The topological polar surface area (TPSA) is 79.5 Å². The number of benzene rings is 1. The third kappa shape index (κ3) is 3.48. The zero-order chi connectivity index (χ0) is 14.5. The lowest BCUT2D eigenvalue weighted by molar-refractivity contribution is -0.120. The van der Waals surface area contributed by atoms with E-state index in [9.17, 15) is 9.59 Å². The molecule has 108 valence electrons. The van der Waals surface area contributed by atoms with Gasteiger partial charge in [0.2, 0.25) is 5.91 Å². The fraction of sp³-hybridized carbons (Fsp3) is 0.429. The summed E-state index contributed by atoms with van der Waals surface area (Å²) in [7, 11) is 1.31. The second-order valence-corrected chi connectivity index (χ2v) is 4.93. The SMILES string of the molecule is COC(=O)Nc1ccc(NC(=O)[C@@H]2CNC[C@H]2C)cc1. The smallest absolute Gasteiger partial charge is 0.411 e. The fourth-order valence-corrected chi connectivity index (χ4v) is 2.20. The molecule has 0 aliphatic carbocycles. The lowest BCUT2D eigenvalue weighted by atomic mass is 9.97. The van der Waals surface area contributed by atoms with Gasteiger partial charge in [-0.3, -0.25) is 10.1 Å². The third-order valence-electron chi connectivity index (χ3n) is 3.44. The van der Waals surface area contributed by atoms with Crippen LogP contribution in [0.15, 0.2) is 24.3 Å². The highest BCUT2D eigenvalue weighted by atomic mass is 16.5. The van der Waals surface area contributed by atoms with Gasteiger partial charge in [-0.15, -0.1) is 0 Å². The minimum Gasteiger partial charge on any atom is -0.453 e. The van der Waals surface area contributed by atoms with E-state index in [1.807, 2.05) is 0 Å². The van der Waals surface area contributed by atoms with Gasteiger partial charge in [0.15, 0.2) is 0 Å². The van der Waals surface area contributed by atoms with Crippen LogP contribution in [-0.4, -0.2) is 32.2 Å². The Morgan fingerprint density at radius 3 is 2.25 bits per heavy atom. The van der Waals surface area contributed by atoms with Crippen LogP contribution in [0.1, 0.15) is 6.92 Å². The molecule has 0 aromatic heterocycles. The second-order valence-electron chi connectivity index (χ2n) is 4.93. The Bertz CT molecular complexity index is 487. The zero-order valence-corrected chi connectivity index (χ0v) is 11.6. The monoisotopic (exact) mass is 277 g/mol. The van der Waals surface area contributed by atoms with Gasteiger partial charge in [0.05, 0.1) is 13.0 Å².